The van der Waals surface area contributed by atoms with Crippen molar-refractivity contribution in [2.24, 2.45) is 11.7 Å². The molecule has 0 saturated carbocycles. The van der Waals surface area contributed by atoms with Gasteiger partial charge in [-0.15, -0.1) is 0 Å². The minimum Gasteiger partial charge on any atom is -0.332 e. The van der Waals surface area contributed by atoms with Crippen LogP contribution in [0.25, 0.3) is 0 Å². The van der Waals surface area contributed by atoms with Crippen molar-refractivity contribution < 1.29 is 8.42 Å². The first kappa shape index (κ1) is 13.1. The summed E-state index contributed by atoms with van der Waals surface area (Å²) < 4.78 is 25.1. The molecule has 0 bridgehead atoms. The van der Waals surface area contributed by atoms with Crippen molar-refractivity contribution in [3.05, 3.63) is 17.7 Å². The van der Waals surface area contributed by atoms with Crippen LogP contribution >= 0.6 is 0 Å². The van der Waals surface area contributed by atoms with Gasteiger partial charge in [-0.1, -0.05) is 0 Å². The van der Waals surface area contributed by atoms with Gasteiger partial charge in [0.2, 0.25) is 0 Å². The minimum atomic E-state index is -2.76. The van der Waals surface area contributed by atoms with Gasteiger partial charge in [0, 0.05) is 37.3 Å². The zero-order valence-corrected chi connectivity index (χ0v) is 11.9. The predicted molar refractivity (Wildman–Crippen MR) is 73.6 cm³/mol. The number of sulfone groups is 1. The zero-order valence-electron chi connectivity index (χ0n) is 11.1. The summed E-state index contributed by atoms with van der Waals surface area (Å²) >= 11 is 0. The average Bonchev–Trinajstić information content (AvgIpc) is 2.74. The lowest BCUT2D eigenvalue weighted by Gasteiger charge is -2.25. The standard InChI is InChI=1S/C13H21N3O2S/c14-11-1-4-16-12(8-11)9-15-13(16)7-10-2-5-19(17,18)6-3-10/h9-11H,1-8,14H2. The summed E-state index contributed by atoms with van der Waals surface area (Å²) in [5.74, 6) is 2.27. The van der Waals surface area contributed by atoms with Gasteiger partial charge in [-0.05, 0) is 25.2 Å². The maximum atomic E-state index is 11.4. The number of hydrogen-bond donors (Lipinski definition) is 1. The monoisotopic (exact) mass is 283 g/mol. The second kappa shape index (κ2) is 4.90. The van der Waals surface area contributed by atoms with E-state index in [0.717, 1.165) is 44.5 Å². The predicted octanol–water partition coefficient (Wildman–Crippen LogP) is 0.524. The average molecular weight is 283 g/mol. The summed E-state index contributed by atoms with van der Waals surface area (Å²) in [4.78, 5) is 4.52. The summed E-state index contributed by atoms with van der Waals surface area (Å²) in [6.07, 6.45) is 6.33. The molecule has 1 fully saturated rings. The van der Waals surface area contributed by atoms with Crippen molar-refractivity contribution >= 4 is 9.84 Å². The molecule has 2 aliphatic heterocycles. The van der Waals surface area contributed by atoms with Crippen molar-refractivity contribution in [3.63, 3.8) is 0 Å². The smallest absolute Gasteiger partial charge is 0.150 e. The molecule has 1 atom stereocenters. The molecule has 1 aromatic rings. The Morgan fingerprint density at radius 2 is 2.05 bits per heavy atom. The Morgan fingerprint density at radius 3 is 2.79 bits per heavy atom. The summed E-state index contributed by atoms with van der Waals surface area (Å²) in [6.45, 7) is 0.955. The van der Waals surface area contributed by atoms with E-state index in [1.165, 1.54) is 5.69 Å². The first-order valence-electron chi connectivity index (χ1n) is 7.03. The SMILES string of the molecule is NC1CCn2c(cnc2CC2CCS(=O)(=O)CC2)C1. The molecule has 2 N–H and O–H groups in total. The minimum absolute atomic E-state index is 0.261. The van der Waals surface area contributed by atoms with Gasteiger partial charge in [0.1, 0.15) is 15.7 Å². The van der Waals surface area contributed by atoms with Crippen LogP contribution in [0, 0.1) is 5.92 Å². The molecule has 19 heavy (non-hydrogen) atoms. The molecule has 3 rings (SSSR count). The third-order valence-electron chi connectivity index (χ3n) is 4.36. The van der Waals surface area contributed by atoms with E-state index in [4.69, 9.17) is 5.73 Å². The van der Waals surface area contributed by atoms with Crippen molar-refractivity contribution in [3.8, 4) is 0 Å². The van der Waals surface area contributed by atoms with Gasteiger partial charge in [0.15, 0.2) is 0 Å². The summed E-state index contributed by atoms with van der Waals surface area (Å²) in [5, 5.41) is 0. The number of imidazole rings is 1. The Bertz CT molecular complexity index is 550. The van der Waals surface area contributed by atoms with E-state index < -0.39 is 9.84 Å². The lowest BCUT2D eigenvalue weighted by Crippen LogP contribution is -2.31. The van der Waals surface area contributed by atoms with E-state index in [1.54, 1.807) is 0 Å². The van der Waals surface area contributed by atoms with Crippen molar-refractivity contribution in [1.82, 2.24) is 9.55 Å². The number of aromatic nitrogens is 2. The van der Waals surface area contributed by atoms with Crippen LogP contribution in [0.1, 0.15) is 30.8 Å². The molecular formula is C13H21N3O2S. The molecule has 1 unspecified atom stereocenters. The third kappa shape index (κ3) is 2.84. The second-order valence-corrected chi connectivity index (χ2v) is 8.17. The maximum absolute atomic E-state index is 11.4. The molecule has 1 aromatic heterocycles. The van der Waals surface area contributed by atoms with E-state index in [-0.39, 0.29) is 6.04 Å². The first-order chi connectivity index (χ1) is 9.03. The van der Waals surface area contributed by atoms with Crippen LogP contribution in [-0.2, 0) is 29.2 Å². The van der Waals surface area contributed by atoms with Gasteiger partial charge in [-0.25, -0.2) is 13.4 Å². The quantitative estimate of drug-likeness (QED) is 0.858. The molecule has 0 spiro atoms. The summed E-state index contributed by atoms with van der Waals surface area (Å²) in [6, 6.07) is 0.261. The number of nitrogens with two attached hydrogens (primary N) is 1. The van der Waals surface area contributed by atoms with Crippen LogP contribution in [0.15, 0.2) is 6.20 Å². The summed E-state index contributed by atoms with van der Waals surface area (Å²) in [5.41, 5.74) is 7.20. The van der Waals surface area contributed by atoms with Crippen molar-refractivity contribution in [1.29, 1.82) is 0 Å². The van der Waals surface area contributed by atoms with Crippen LogP contribution in [0.2, 0.25) is 0 Å². The molecule has 0 aromatic carbocycles. The molecular weight excluding hydrogens is 262 g/mol. The largest absolute Gasteiger partial charge is 0.332 e. The third-order valence-corrected chi connectivity index (χ3v) is 6.08. The Hall–Kier alpha value is -0.880. The fourth-order valence-electron chi connectivity index (χ4n) is 3.12. The molecule has 1 saturated heterocycles. The topological polar surface area (TPSA) is 78.0 Å². The zero-order chi connectivity index (χ0) is 13.5. The molecule has 0 amide bonds. The van der Waals surface area contributed by atoms with Crippen LogP contribution in [0.3, 0.4) is 0 Å². The number of fused-ring (bicyclic) bond motifs is 1. The second-order valence-electron chi connectivity index (χ2n) is 5.87. The Kier molecular flexibility index (Phi) is 3.39. The molecule has 0 aliphatic carbocycles. The Labute approximate surface area is 114 Å². The van der Waals surface area contributed by atoms with Gasteiger partial charge >= 0.3 is 0 Å². The first-order valence-corrected chi connectivity index (χ1v) is 8.85. The van der Waals surface area contributed by atoms with E-state index in [0.29, 0.717) is 17.4 Å². The highest BCUT2D eigenvalue weighted by atomic mass is 32.2. The summed E-state index contributed by atoms with van der Waals surface area (Å²) in [7, 11) is -2.76. The molecule has 106 valence electrons. The molecule has 5 nitrogen and oxygen atoms in total. The van der Waals surface area contributed by atoms with E-state index in [1.807, 2.05) is 6.20 Å². The highest BCUT2D eigenvalue weighted by Crippen LogP contribution is 2.24. The molecule has 2 aliphatic rings. The van der Waals surface area contributed by atoms with Crippen molar-refractivity contribution in [2.75, 3.05) is 11.5 Å². The molecule has 0 radical (unpaired) electrons. The van der Waals surface area contributed by atoms with Crippen LogP contribution < -0.4 is 5.73 Å². The maximum Gasteiger partial charge on any atom is 0.150 e. The highest BCUT2D eigenvalue weighted by molar-refractivity contribution is 7.91. The van der Waals surface area contributed by atoms with Crippen molar-refractivity contribution in [2.45, 2.75) is 44.7 Å². The van der Waals surface area contributed by atoms with Crippen LogP contribution in [0.5, 0.6) is 0 Å². The van der Waals surface area contributed by atoms with Gasteiger partial charge < -0.3 is 10.3 Å². The fourth-order valence-corrected chi connectivity index (χ4v) is 4.71. The van der Waals surface area contributed by atoms with E-state index in [2.05, 4.69) is 9.55 Å². The molecule has 3 heterocycles. The Morgan fingerprint density at radius 1 is 1.32 bits per heavy atom. The normalized spacial score (nSPS) is 27.1. The van der Waals surface area contributed by atoms with E-state index >= 15 is 0 Å². The van der Waals surface area contributed by atoms with Gasteiger partial charge in [0.25, 0.3) is 0 Å². The number of rotatable bonds is 2. The molecule has 6 heteroatoms. The lowest BCUT2D eigenvalue weighted by atomic mass is 9.98. The highest BCUT2D eigenvalue weighted by Gasteiger charge is 2.26. The van der Waals surface area contributed by atoms with Crippen LogP contribution in [0.4, 0.5) is 0 Å². The number of nitrogens with zero attached hydrogens (tertiary/aromatic N) is 2. The number of hydrogen-bond acceptors (Lipinski definition) is 4. The van der Waals surface area contributed by atoms with E-state index in [9.17, 15) is 8.42 Å². The fraction of sp³-hybridized carbons (Fsp3) is 0.769. The van der Waals surface area contributed by atoms with Gasteiger partial charge in [0.05, 0.1) is 11.5 Å². The Balaban J connectivity index is 1.68. The van der Waals surface area contributed by atoms with Crippen LogP contribution in [-0.4, -0.2) is 35.5 Å². The van der Waals surface area contributed by atoms with Gasteiger partial charge in [-0.2, -0.15) is 0 Å². The van der Waals surface area contributed by atoms with Gasteiger partial charge in [-0.3, -0.25) is 0 Å². The lowest BCUT2D eigenvalue weighted by molar-refractivity contribution is 0.419.